The first-order valence-corrected chi connectivity index (χ1v) is 8.47. The monoisotopic (exact) mass is 323 g/mol. The van der Waals surface area contributed by atoms with E-state index in [2.05, 4.69) is 38.2 Å². The normalized spacial score (nSPS) is 10.9. The molecule has 2 aromatic rings. The third kappa shape index (κ3) is 4.73. The summed E-state index contributed by atoms with van der Waals surface area (Å²) < 4.78 is 6.78. The van der Waals surface area contributed by atoms with Crippen molar-refractivity contribution in [3.8, 4) is 5.75 Å². The summed E-state index contributed by atoms with van der Waals surface area (Å²) in [5.41, 5.74) is 3.68. The standard InChI is InChI=1S/C17H22ClNOS/c1-4-7-19-10-14-8-12(2)17(13(3)9-14)20-11-15-5-6-16(18)21-15/h5-6,8-9,19H,4,7,10-11H2,1-3H3. The molecule has 0 unspecified atom stereocenters. The SMILES string of the molecule is CCCNCc1cc(C)c(OCc2ccc(Cl)s2)c(C)c1. The fourth-order valence-electron chi connectivity index (χ4n) is 2.35. The zero-order chi connectivity index (χ0) is 15.2. The Hall–Kier alpha value is -1.03. The van der Waals surface area contributed by atoms with Crippen LogP contribution < -0.4 is 10.1 Å². The van der Waals surface area contributed by atoms with E-state index < -0.39 is 0 Å². The number of hydrogen-bond acceptors (Lipinski definition) is 3. The summed E-state index contributed by atoms with van der Waals surface area (Å²) in [4.78, 5) is 1.15. The molecule has 1 N–H and O–H groups in total. The third-order valence-corrected chi connectivity index (χ3v) is 4.47. The molecule has 0 atom stereocenters. The molecule has 114 valence electrons. The first-order valence-electron chi connectivity index (χ1n) is 7.28. The van der Waals surface area contributed by atoms with Crippen LogP contribution in [-0.2, 0) is 13.2 Å². The molecule has 0 aliphatic carbocycles. The lowest BCUT2D eigenvalue weighted by atomic mass is 10.1. The van der Waals surface area contributed by atoms with Crippen LogP contribution in [0.3, 0.4) is 0 Å². The van der Waals surface area contributed by atoms with Crippen LogP contribution in [0.2, 0.25) is 4.34 Å². The number of thiophene rings is 1. The lowest BCUT2D eigenvalue weighted by molar-refractivity contribution is 0.305. The Morgan fingerprint density at radius 2 is 1.90 bits per heavy atom. The number of ether oxygens (including phenoxy) is 1. The maximum atomic E-state index is 5.98. The Balaban J connectivity index is 2.02. The summed E-state index contributed by atoms with van der Waals surface area (Å²) in [7, 11) is 0. The first kappa shape index (κ1) is 16.3. The van der Waals surface area contributed by atoms with Gasteiger partial charge in [0.15, 0.2) is 0 Å². The van der Waals surface area contributed by atoms with Gasteiger partial charge in [-0.05, 0) is 55.6 Å². The summed E-state index contributed by atoms with van der Waals surface area (Å²) in [5, 5.41) is 3.43. The fraction of sp³-hybridized carbons (Fsp3) is 0.412. The zero-order valence-corrected chi connectivity index (χ0v) is 14.4. The van der Waals surface area contributed by atoms with Gasteiger partial charge in [0.25, 0.3) is 0 Å². The van der Waals surface area contributed by atoms with E-state index in [4.69, 9.17) is 16.3 Å². The highest BCUT2D eigenvalue weighted by Gasteiger charge is 2.08. The minimum Gasteiger partial charge on any atom is -0.488 e. The minimum absolute atomic E-state index is 0.576. The molecule has 0 amide bonds. The second kappa shape index (κ2) is 7.83. The van der Waals surface area contributed by atoms with Crippen molar-refractivity contribution in [3.63, 3.8) is 0 Å². The smallest absolute Gasteiger partial charge is 0.125 e. The van der Waals surface area contributed by atoms with Crippen LogP contribution in [0.15, 0.2) is 24.3 Å². The van der Waals surface area contributed by atoms with E-state index >= 15 is 0 Å². The van der Waals surface area contributed by atoms with Gasteiger partial charge in [-0.2, -0.15) is 0 Å². The maximum Gasteiger partial charge on any atom is 0.125 e. The summed E-state index contributed by atoms with van der Waals surface area (Å²) >= 11 is 7.51. The first-order chi connectivity index (χ1) is 10.1. The van der Waals surface area contributed by atoms with Gasteiger partial charge in [0.2, 0.25) is 0 Å². The van der Waals surface area contributed by atoms with Crippen LogP contribution in [-0.4, -0.2) is 6.54 Å². The molecule has 0 radical (unpaired) electrons. The molecule has 0 spiro atoms. The molecule has 2 nitrogen and oxygen atoms in total. The van der Waals surface area contributed by atoms with E-state index in [1.807, 2.05) is 12.1 Å². The molecule has 4 heteroatoms. The van der Waals surface area contributed by atoms with Gasteiger partial charge in [-0.15, -0.1) is 11.3 Å². The van der Waals surface area contributed by atoms with Gasteiger partial charge in [0, 0.05) is 11.4 Å². The van der Waals surface area contributed by atoms with Crippen LogP contribution in [0, 0.1) is 13.8 Å². The average Bonchev–Trinajstić information content (AvgIpc) is 2.84. The van der Waals surface area contributed by atoms with Crippen molar-refractivity contribution in [1.29, 1.82) is 0 Å². The van der Waals surface area contributed by atoms with Crippen molar-refractivity contribution in [2.24, 2.45) is 0 Å². The second-order valence-corrected chi connectivity index (χ2v) is 7.03. The van der Waals surface area contributed by atoms with Crippen molar-refractivity contribution in [2.75, 3.05) is 6.54 Å². The van der Waals surface area contributed by atoms with E-state index in [-0.39, 0.29) is 0 Å². The molecular formula is C17H22ClNOS. The summed E-state index contributed by atoms with van der Waals surface area (Å²) in [6, 6.07) is 8.33. The fourth-order valence-corrected chi connectivity index (χ4v) is 3.35. The third-order valence-electron chi connectivity index (χ3n) is 3.26. The summed E-state index contributed by atoms with van der Waals surface area (Å²) in [5.74, 6) is 0.985. The largest absolute Gasteiger partial charge is 0.488 e. The second-order valence-electron chi connectivity index (χ2n) is 5.23. The van der Waals surface area contributed by atoms with Crippen LogP contribution in [0.5, 0.6) is 5.75 Å². The van der Waals surface area contributed by atoms with Gasteiger partial charge >= 0.3 is 0 Å². The molecule has 0 aliphatic rings. The van der Waals surface area contributed by atoms with E-state index in [1.165, 1.54) is 16.7 Å². The van der Waals surface area contributed by atoms with E-state index in [9.17, 15) is 0 Å². The minimum atomic E-state index is 0.576. The Morgan fingerprint density at radius 1 is 1.19 bits per heavy atom. The van der Waals surface area contributed by atoms with Crippen LogP contribution in [0.1, 0.15) is 34.9 Å². The molecule has 0 aliphatic heterocycles. The molecule has 0 fully saturated rings. The predicted molar refractivity (Wildman–Crippen MR) is 91.6 cm³/mol. The Morgan fingerprint density at radius 3 is 2.48 bits per heavy atom. The topological polar surface area (TPSA) is 21.3 Å². The van der Waals surface area contributed by atoms with Crippen LogP contribution in [0.25, 0.3) is 0 Å². The lowest BCUT2D eigenvalue weighted by Crippen LogP contribution is -2.14. The molecule has 0 bridgehead atoms. The molecule has 2 rings (SSSR count). The van der Waals surface area contributed by atoms with Crippen molar-refractivity contribution >= 4 is 22.9 Å². The van der Waals surface area contributed by atoms with E-state index in [0.29, 0.717) is 6.61 Å². The van der Waals surface area contributed by atoms with Gasteiger partial charge in [0.1, 0.15) is 12.4 Å². The molecular weight excluding hydrogens is 302 g/mol. The highest BCUT2D eigenvalue weighted by molar-refractivity contribution is 7.16. The van der Waals surface area contributed by atoms with Crippen molar-refractivity contribution in [1.82, 2.24) is 5.32 Å². The highest BCUT2D eigenvalue weighted by Crippen LogP contribution is 2.28. The average molecular weight is 324 g/mol. The maximum absolute atomic E-state index is 5.98. The quantitative estimate of drug-likeness (QED) is 0.716. The molecule has 1 aromatic heterocycles. The van der Waals surface area contributed by atoms with Gasteiger partial charge < -0.3 is 10.1 Å². The van der Waals surface area contributed by atoms with Crippen molar-refractivity contribution in [2.45, 2.75) is 40.3 Å². The highest BCUT2D eigenvalue weighted by atomic mass is 35.5. The van der Waals surface area contributed by atoms with Gasteiger partial charge in [0.05, 0.1) is 4.34 Å². The number of hydrogen-bond donors (Lipinski definition) is 1. The zero-order valence-electron chi connectivity index (χ0n) is 12.8. The molecule has 1 aromatic carbocycles. The predicted octanol–water partition coefficient (Wildman–Crippen LogP) is 5.10. The summed E-state index contributed by atoms with van der Waals surface area (Å²) in [6.45, 7) is 8.93. The molecule has 0 saturated carbocycles. The molecule has 21 heavy (non-hydrogen) atoms. The van der Waals surface area contributed by atoms with E-state index in [0.717, 1.165) is 34.5 Å². The Labute approximate surface area is 136 Å². The summed E-state index contributed by atoms with van der Waals surface area (Å²) in [6.07, 6.45) is 1.16. The van der Waals surface area contributed by atoms with Gasteiger partial charge in [-0.1, -0.05) is 30.7 Å². The van der Waals surface area contributed by atoms with Crippen LogP contribution >= 0.6 is 22.9 Å². The lowest BCUT2D eigenvalue weighted by Gasteiger charge is -2.14. The van der Waals surface area contributed by atoms with Gasteiger partial charge in [-0.3, -0.25) is 0 Å². The number of benzene rings is 1. The Kier molecular flexibility index (Phi) is 6.09. The molecule has 0 saturated heterocycles. The Bertz CT molecular complexity index is 571. The number of aryl methyl sites for hydroxylation is 2. The molecule has 1 heterocycles. The van der Waals surface area contributed by atoms with Crippen LogP contribution in [0.4, 0.5) is 0 Å². The van der Waals surface area contributed by atoms with Crippen molar-refractivity contribution in [3.05, 3.63) is 50.2 Å². The number of rotatable bonds is 7. The number of halogens is 1. The number of nitrogens with one attached hydrogen (secondary N) is 1. The van der Waals surface area contributed by atoms with Gasteiger partial charge in [-0.25, -0.2) is 0 Å². The van der Waals surface area contributed by atoms with E-state index in [1.54, 1.807) is 11.3 Å². The van der Waals surface area contributed by atoms with Crippen molar-refractivity contribution < 1.29 is 4.74 Å².